The largest absolute Gasteiger partial charge is 0.491 e. The summed E-state index contributed by atoms with van der Waals surface area (Å²) in [4.78, 5) is 4.80. The van der Waals surface area contributed by atoms with E-state index in [-0.39, 0.29) is 0 Å². The molecule has 4 rings (SSSR count). The second-order valence-electron chi connectivity index (χ2n) is 8.13. The van der Waals surface area contributed by atoms with Crippen molar-refractivity contribution in [2.75, 3.05) is 44.2 Å². The molecule has 31 heavy (non-hydrogen) atoms. The van der Waals surface area contributed by atoms with Gasteiger partial charge >= 0.3 is 0 Å². The topological polar surface area (TPSA) is 35.9 Å². The van der Waals surface area contributed by atoms with E-state index < -0.39 is 6.10 Å². The zero-order valence-electron chi connectivity index (χ0n) is 18.3. The van der Waals surface area contributed by atoms with Crippen molar-refractivity contribution in [3.63, 3.8) is 0 Å². The van der Waals surface area contributed by atoms with Crippen molar-refractivity contribution in [3.05, 3.63) is 84.4 Å². The summed E-state index contributed by atoms with van der Waals surface area (Å²) in [5, 5.41) is 10.5. The van der Waals surface area contributed by atoms with Crippen LogP contribution in [-0.2, 0) is 6.42 Å². The van der Waals surface area contributed by atoms with Crippen LogP contribution < -0.4 is 9.64 Å². The number of aliphatic hydroxyl groups is 1. The van der Waals surface area contributed by atoms with Crippen molar-refractivity contribution >= 4 is 5.69 Å². The molecule has 3 aromatic rings. The molecule has 0 saturated carbocycles. The molecule has 0 spiro atoms. The first-order chi connectivity index (χ1) is 15.2. The van der Waals surface area contributed by atoms with E-state index in [0.29, 0.717) is 13.2 Å². The summed E-state index contributed by atoms with van der Waals surface area (Å²) in [7, 11) is 0. The molecular weight excluding hydrogens is 384 g/mol. The molecule has 4 nitrogen and oxygen atoms in total. The van der Waals surface area contributed by atoms with Gasteiger partial charge in [-0.15, -0.1) is 0 Å². The van der Waals surface area contributed by atoms with Gasteiger partial charge in [0.15, 0.2) is 0 Å². The highest BCUT2D eigenvalue weighted by Gasteiger charge is 2.20. The van der Waals surface area contributed by atoms with Crippen molar-refractivity contribution < 1.29 is 9.84 Å². The Morgan fingerprint density at radius 2 is 1.45 bits per heavy atom. The number of nitrogens with zero attached hydrogens (tertiary/aromatic N) is 2. The summed E-state index contributed by atoms with van der Waals surface area (Å²) >= 11 is 0. The van der Waals surface area contributed by atoms with E-state index in [1.54, 1.807) is 0 Å². The summed E-state index contributed by atoms with van der Waals surface area (Å²) in [5.41, 5.74) is 5.11. The van der Waals surface area contributed by atoms with Gasteiger partial charge in [-0.1, -0.05) is 67.6 Å². The number of para-hydroxylation sites is 1. The minimum atomic E-state index is -0.497. The molecular formula is C27H32N2O2. The quantitative estimate of drug-likeness (QED) is 0.587. The van der Waals surface area contributed by atoms with Gasteiger partial charge in [0.2, 0.25) is 0 Å². The van der Waals surface area contributed by atoms with E-state index in [4.69, 9.17) is 4.74 Å². The Morgan fingerprint density at radius 3 is 2.16 bits per heavy atom. The monoisotopic (exact) mass is 416 g/mol. The lowest BCUT2D eigenvalue weighted by molar-refractivity contribution is 0.0663. The summed E-state index contributed by atoms with van der Waals surface area (Å²) in [6.07, 6.45) is 0.557. The van der Waals surface area contributed by atoms with E-state index in [2.05, 4.69) is 65.3 Å². The molecule has 3 aromatic carbocycles. The summed E-state index contributed by atoms with van der Waals surface area (Å²) in [6, 6.07) is 27.0. The van der Waals surface area contributed by atoms with Gasteiger partial charge in [0, 0.05) is 38.4 Å². The zero-order chi connectivity index (χ0) is 21.5. The second kappa shape index (κ2) is 10.5. The first kappa shape index (κ1) is 21.4. The number of benzene rings is 3. The maximum atomic E-state index is 10.5. The average molecular weight is 417 g/mol. The van der Waals surface area contributed by atoms with Crippen molar-refractivity contribution in [2.45, 2.75) is 19.4 Å². The third-order valence-electron chi connectivity index (χ3n) is 5.96. The predicted molar refractivity (Wildman–Crippen MR) is 128 cm³/mol. The lowest BCUT2D eigenvalue weighted by Crippen LogP contribution is -2.49. The zero-order valence-corrected chi connectivity index (χ0v) is 18.3. The van der Waals surface area contributed by atoms with E-state index in [1.165, 1.54) is 16.8 Å². The van der Waals surface area contributed by atoms with Gasteiger partial charge in [0.25, 0.3) is 0 Å². The van der Waals surface area contributed by atoms with Gasteiger partial charge < -0.3 is 14.7 Å². The molecule has 1 saturated heterocycles. The van der Waals surface area contributed by atoms with Gasteiger partial charge in [0.05, 0.1) is 0 Å². The molecule has 1 heterocycles. The van der Waals surface area contributed by atoms with Crippen LogP contribution in [0.2, 0.25) is 0 Å². The highest BCUT2D eigenvalue weighted by molar-refractivity contribution is 5.63. The summed E-state index contributed by atoms with van der Waals surface area (Å²) in [5.74, 6) is 0.791. The molecule has 1 aliphatic heterocycles. The minimum absolute atomic E-state index is 0.309. The van der Waals surface area contributed by atoms with Crippen LogP contribution in [0.15, 0.2) is 78.9 Å². The molecule has 1 fully saturated rings. The summed E-state index contributed by atoms with van der Waals surface area (Å²) < 4.78 is 5.83. The van der Waals surface area contributed by atoms with E-state index in [0.717, 1.165) is 43.9 Å². The normalized spacial score (nSPS) is 15.6. The lowest BCUT2D eigenvalue weighted by atomic mass is 10.1. The van der Waals surface area contributed by atoms with Crippen molar-refractivity contribution in [1.82, 2.24) is 4.90 Å². The third kappa shape index (κ3) is 5.66. The van der Waals surface area contributed by atoms with Crippen LogP contribution in [0.1, 0.15) is 12.5 Å². The van der Waals surface area contributed by atoms with Crippen molar-refractivity contribution in [2.24, 2.45) is 0 Å². The molecule has 1 aliphatic rings. The smallest absolute Gasteiger partial charge is 0.119 e. The van der Waals surface area contributed by atoms with Crippen molar-refractivity contribution in [3.8, 4) is 16.9 Å². The highest BCUT2D eigenvalue weighted by Crippen LogP contribution is 2.23. The molecule has 162 valence electrons. The number of ether oxygens (including phenoxy) is 1. The number of anilines is 1. The average Bonchev–Trinajstić information content (AvgIpc) is 2.84. The number of β-amino-alcohol motifs (C(OH)–C–C–N with tert-alkyl or cyclic N) is 1. The molecule has 0 radical (unpaired) electrons. The standard InChI is InChI=1S/C27H32N2O2/c1-2-22-8-6-7-11-27(22)29-18-16-28(17-19-29)20-25(30)21-31-26-14-12-24(13-15-26)23-9-4-3-5-10-23/h3-15,25,30H,2,16-21H2,1H3. The molecule has 1 atom stereocenters. The molecule has 0 amide bonds. The molecule has 0 aliphatic carbocycles. The molecule has 0 aromatic heterocycles. The van der Waals surface area contributed by atoms with Gasteiger partial charge in [0.1, 0.15) is 18.5 Å². The fourth-order valence-electron chi connectivity index (χ4n) is 4.21. The number of piperazine rings is 1. The summed E-state index contributed by atoms with van der Waals surface area (Å²) in [6.45, 7) is 7.06. The number of rotatable bonds is 8. The van der Waals surface area contributed by atoms with E-state index in [9.17, 15) is 5.11 Å². The Balaban J connectivity index is 1.22. The van der Waals surface area contributed by atoms with E-state index >= 15 is 0 Å². The predicted octanol–water partition coefficient (Wildman–Crippen LogP) is 4.48. The fourth-order valence-corrected chi connectivity index (χ4v) is 4.21. The first-order valence-corrected chi connectivity index (χ1v) is 11.2. The Bertz CT molecular complexity index is 935. The third-order valence-corrected chi connectivity index (χ3v) is 5.96. The van der Waals surface area contributed by atoms with Crippen LogP contribution in [0, 0.1) is 0 Å². The van der Waals surface area contributed by atoms with E-state index in [1.807, 2.05) is 30.3 Å². The number of hydrogen-bond acceptors (Lipinski definition) is 4. The van der Waals surface area contributed by atoms with Crippen LogP contribution in [0.25, 0.3) is 11.1 Å². The number of hydrogen-bond donors (Lipinski definition) is 1. The molecule has 1 N–H and O–H groups in total. The highest BCUT2D eigenvalue weighted by atomic mass is 16.5. The van der Waals surface area contributed by atoms with Gasteiger partial charge in [-0.25, -0.2) is 0 Å². The lowest BCUT2D eigenvalue weighted by Gasteiger charge is -2.37. The van der Waals surface area contributed by atoms with Crippen LogP contribution in [0.3, 0.4) is 0 Å². The van der Waals surface area contributed by atoms with Gasteiger partial charge in [-0.2, -0.15) is 0 Å². The number of aryl methyl sites for hydroxylation is 1. The Morgan fingerprint density at radius 1 is 0.806 bits per heavy atom. The number of aliphatic hydroxyl groups excluding tert-OH is 1. The first-order valence-electron chi connectivity index (χ1n) is 11.2. The molecule has 1 unspecified atom stereocenters. The maximum absolute atomic E-state index is 10.5. The fraction of sp³-hybridized carbons (Fsp3) is 0.333. The Hall–Kier alpha value is -2.82. The molecule has 4 heteroatoms. The van der Waals surface area contributed by atoms with Gasteiger partial charge in [-0.3, -0.25) is 4.90 Å². The second-order valence-corrected chi connectivity index (χ2v) is 8.13. The van der Waals surface area contributed by atoms with Crippen LogP contribution in [-0.4, -0.2) is 55.4 Å². The minimum Gasteiger partial charge on any atom is -0.491 e. The van der Waals surface area contributed by atoms with Gasteiger partial charge in [-0.05, 0) is 41.3 Å². The Kier molecular flexibility index (Phi) is 7.23. The SMILES string of the molecule is CCc1ccccc1N1CCN(CC(O)COc2ccc(-c3ccccc3)cc2)CC1. The maximum Gasteiger partial charge on any atom is 0.119 e. The van der Waals surface area contributed by atoms with Crippen LogP contribution >= 0.6 is 0 Å². The van der Waals surface area contributed by atoms with Crippen molar-refractivity contribution in [1.29, 1.82) is 0 Å². The van der Waals surface area contributed by atoms with Crippen LogP contribution in [0.4, 0.5) is 5.69 Å². The Labute approximate surface area is 185 Å². The van der Waals surface area contributed by atoms with Crippen LogP contribution in [0.5, 0.6) is 5.75 Å². The molecule has 0 bridgehead atoms.